The van der Waals surface area contributed by atoms with E-state index in [1.807, 2.05) is 11.0 Å². The number of hydrogen-bond acceptors (Lipinski definition) is 2. The normalized spacial score (nSPS) is 21.2. The van der Waals surface area contributed by atoms with Gasteiger partial charge in [0.1, 0.15) is 0 Å². The average Bonchev–Trinajstić information content (AvgIpc) is 2.47. The third kappa shape index (κ3) is 2.52. The second kappa shape index (κ2) is 5.33. The minimum absolute atomic E-state index is 0.224. The van der Waals surface area contributed by atoms with Gasteiger partial charge in [0.25, 0.3) is 0 Å². The van der Waals surface area contributed by atoms with E-state index in [1.54, 1.807) is 0 Å². The number of amides is 1. The lowest BCUT2D eigenvalue weighted by molar-refractivity contribution is -0.123. The molecular weight excluding hydrogens is 236 g/mol. The van der Waals surface area contributed by atoms with Crippen LogP contribution in [0.25, 0.3) is 0 Å². The zero-order valence-corrected chi connectivity index (χ0v) is 11.6. The van der Waals surface area contributed by atoms with Gasteiger partial charge in [-0.15, -0.1) is 0 Å². The highest BCUT2D eigenvalue weighted by molar-refractivity contribution is 5.96. The maximum absolute atomic E-state index is 12.7. The van der Waals surface area contributed by atoms with E-state index in [4.69, 9.17) is 0 Å². The highest BCUT2D eigenvalue weighted by Crippen LogP contribution is 2.29. The molecule has 3 heteroatoms. The molecule has 1 fully saturated rings. The van der Waals surface area contributed by atoms with Gasteiger partial charge in [0, 0.05) is 18.2 Å². The number of para-hydroxylation sites is 1. The summed E-state index contributed by atoms with van der Waals surface area (Å²) in [6.45, 7) is 2.99. The van der Waals surface area contributed by atoms with E-state index in [-0.39, 0.29) is 5.92 Å². The lowest BCUT2D eigenvalue weighted by atomic mass is 9.93. The molecule has 2 aliphatic heterocycles. The summed E-state index contributed by atoms with van der Waals surface area (Å²) in [6, 6.07) is 8.37. The number of aryl methyl sites for hydroxylation is 1. The zero-order valence-electron chi connectivity index (χ0n) is 11.6. The molecule has 0 spiro atoms. The van der Waals surface area contributed by atoms with Gasteiger partial charge in [-0.05, 0) is 57.5 Å². The van der Waals surface area contributed by atoms with Crippen LogP contribution < -0.4 is 4.90 Å². The molecule has 0 aliphatic carbocycles. The SMILES string of the molecule is CN1CCC(C(=O)N2CCCc3ccccc32)CC1. The Morgan fingerprint density at radius 3 is 2.68 bits per heavy atom. The van der Waals surface area contributed by atoms with Crippen molar-refractivity contribution in [2.75, 3.05) is 31.6 Å². The first kappa shape index (κ1) is 12.7. The number of piperidine rings is 1. The molecule has 19 heavy (non-hydrogen) atoms. The highest BCUT2D eigenvalue weighted by atomic mass is 16.2. The Kier molecular flexibility index (Phi) is 3.56. The molecule has 3 rings (SSSR count). The minimum atomic E-state index is 0.224. The molecule has 0 unspecified atom stereocenters. The van der Waals surface area contributed by atoms with Crippen molar-refractivity contribution in [2.45, 2.75) is 25.7 Å². The maximum Gasteiger partial charge on any atom is 0.230 e. The summed E-state index contributed by atoms with van der Waals surface area (Å²) in [5.74, 6) is 0.572. The van der Waals surface area contributed by atoms with E-state index in [0.717, 1.165) is 51.0 Å². The molecule has 0 aromatic heterocycles. The number of anilines is 1. The highest BCUT2D eigenvalue weighted by Gasteiger charge is 2.30. The summed E-state index contributed by atoms with van der Waals surface area (Å²) in [6.07, 6.45) is 4.21. The van der Waals surface area contributed by atoms with Gasteiger partial charge in [-0.3, -0.25) is 4.79 Å². The van der Waals surface area contributed by atoms with Crippen LogP contribution in [0.3, 0.4) is 0 Å². The van der Waals surface area contributed by atoms with Crippen molar-refractivity contribution in [3.8, 4) is 0 Å². The molecule has 2 heterocycles. The number of likely N-dealkylation sites (tertiary alicyclic amines) is 1. The van der Waals surface area contributed by atoms with Crippen LogP contribution in [-0.2, 0) is 11.2 Å². The van der Waals surface area contributed by atoms with Crippen LogP contribution in [0, 0.1) is 5.92 Å². The zero-order chi connectivity index (χ0) is 13.2. The fourth-order valence-electron chi connectivity index (χ4n) is 3.24. The van der Waals surface area contributed by atoms with Gasteiger partial charge in [0.05, 0.1) is 0 Å². The number of carbonyl (C=O) groups excluding carboxylic acids is 1. The van der Waals surface area contributed by atoms with Crippen molar-refractivity contribution in [3.05, 3.63) is 29.8 Å². The molecule has 3 nitrogen and oxygen atoms in total. The van der Waals surface area contributed by atoms with Crippen LogP contribution in [0.4, 0.5) is 5.69 Å². The van der Waals surface area contributed by atoms with Crippen LogP contribution in [0.2, 0.25) is 0 Å². The largest absolute Gasteiger partial charge is 0.312 e. The Hall–Kier alpha value is -1.35. The van der Waals surface area contributed by atoms with Gasteiger partial charge in [-0.2, -0.15) is 0 Å². The Balaban J connectivity index is 1.78. The number of nitrogens with zero attached hydrogens (tertiary/aromatic N) is 2. The Labute approximate surface area is 115 Å². The summed E-state index contributed by atoms with van der Waals surface area (Å²) in [5.41, 5.74) is 2.48. The van der Waals surface area contributed by atoms with E-state index in [9.17, 15) is 4.79 Å². The second-order valence-corrected chi connectivity index (χ2v) is 5.80. The van der Waals surface area contributed by atoms with Crippen LogP contribution >= 0.6 is 0 Å². The maximum atomic E-state index is 12.7. The number of benzene rings is 1. The van der Waals surface area contributed by atoms with Gasteiger partial charge in [0.15, 0.2) is 0 Å². The molecule has 0 N–H and O–H groups in total. The van der Waals surface area contributed by atoms with Crippen LogP contribution in [0.15, 0.2) is 24.3 Å². The number of carbonyl (C=O) groups is 1. The lowest BCUT2D eigenvalue weighted by Gasteiger charge is -2.35. The molecule has 1 aromatic carbocycles. The van der Waals surface area contributed by atoms with E-state index < -0.39 is 0 Å². The number of rotatable bonds is 1. The van der Waals surface area contributed by atoms with Crippen LogP contribution in [0.1, 0.15) is 24.8 Å². The Morgan fingerprint density at radius 2 is 1.89 bits per heavy atom. The van der Waals surface area contributed by atoms with E-state index in [1.165, 1.54) is 5.56 Å². The summed E-state index contributed by atoms with van der Waals surface area (Å²) < 4.78 is 0. The van der Waals surface area contributed by atoms with Gasteiger partial charge in [0.2, 0.25) is 5.91 Å². The second-order valence-electron chi connectivity index (χ2n) is 5.80. The minimum Gasteiger partial charge on any atom is -0.312 e. The molecule has 0 saturated carbocycles. The van der Waals surface area contributed by atoms with Crippen LogP contribution in [0.5, 0.6) is 0 Å². The van der Waals surface area contributed by atoms with Gasteiger partial charge in [-0.25, -0.2) is 0 Å². The fraction of sp³-hybridized carbons (Fsp3) is 0.562. The third-order valence-corrected chi connectivity index (χ3v) is 4.44. The van der Waals surface area contributed by atoms with E-state index in [0.29, 0.717) is 5.91 Å². The molecule has 1 aromatic rings. The first-order valence-electron chi connectivity index (χ1n) is 7.33. The van der Waals surface area contributed by atoms with Gasteiger partial charge in [-0.1, -0.05) is 18.2 Å². The lowest BCUT2D eigenvalue weighted by Crippen LogP contribution is -2.43. The summed E-state index contributed by atoms with van der Waals surface area (Å²) in [7, 11) is 2.14. The quantitative estimate of drug-likeness (QED) is 0.771. The predicted octanol–water partition coefficient (Wildman–Crippen LogP) is 2.31. The van der Waals surface area contributed by atoms with Crippen molar-refractivity contribution >= 4 is 11.6 Å². The van der Waals surface area contributed by atoms with Crippen LogP contribution in [-0.4, -0.2) is 37.5 Å². The van der Waals surface area contributed by atoms with Crippen molar-refractivity contribution < 1.29 is 4.79 Å². The summed E-state index contributed by atoms with van der Waals surface area (Å²) in [5, 5.41) is 0. The molecule has 2 aliphatic rings. The van der Waals surface area contributed by atoms with Crippen molar-refractivity contribution in [1.29, 1.82) is 0 Å². The monoisotopic (exact) mass is 258 g/mol. The van der Waals surface area contributed by atoms with Crippen molar-refractivity contribution in [3.63, 3.8) is 0 Å². The first-order chi connectivity index (χ1) is 9.25. The number of fused-ring (bicyclic) bond motifs is 1. The molecule has 0 radical (unpaired) electrons. The van der Waals surface area contributed by atoms with E-state index >= 15 is 0 Å². The number of hydrogen-bond donors (Lipinski definition) is 0. The smallest absolute Gasteiger partial charge is 0.230 e. The van der Waals surface area contributed by atoms with E-state index in [2.05, 4.69) is 30.1 Å². The summed E-state index contributed by atoms with van der Waals surface area (Å²) in [4.78, 5) is 17.1. The molecule has 1 saturated heterocycles. The molecular formula is C16H22N2O. The van der Waals surface area contributed by atoms with Gasteiger partial charge < -0.3 is 9.80 Å². The fourth-order valence-corrected chi connectivity index (χ4v) is 3.24. The first-order valence-corrected chi connectivity index (χ1v) is 7.33. The topological polar surface area (TPSA) is 23.6 Å². The molecule has 0 bridgehead atoms. The van der Waals surface area contributed by atoms with Gasteiger partial charge >= 0.3 is 0 Å². The molecule has 1 amide bonds. The standard InChI is InChI=1S/C16H22N2O/c1-17-11-8-14(9-12-17)16(19)18-10-4-6-13-5-2-3-7-15(13)18/h2-3,5,7,14H,4,6,8-12H2,1H3. The Morgan fingerprint density at radius 1 is 1.16 bits per heavy atom. The Bertz CT molecular complexity index is 464. The molecule has 0 atom stereocenters. The summed E-state index contributed by atoms with van der Waals surface area (Å²) >= 11 is 0. The predicted molar refractivity (Wildman–Crippen MR) is 77.3 cm³/mol. The molecule has 102 valence electrons. The van der Waals surface area contributed by atoms with Crippen molar-refractivity contribution in [1.82, 2.24) is 4.90 Å². The average molecular weight is 258 g/mol. The third-order valence-electron chi connectivity index (χ3n) is 4.44. The van der Waals surface area contributed by atoms with Crippen molar-refractivity contribution in [2.24, 2.45) is 5.92 Å².